The minimum atomic E-state index is 0.707. The molecule has 4 rings (SSSR count). The summed E-state index contributed by atoms with van der Waals surface area (Å²) in [4.78, 5) is 4.63. The fourth-order valence-corrected chi connectivity index (χ4v) is 3.11. The number of amidine groups is 1. The standard InChI is InChI=1S/C19H19N5/c1-14-17(15-8-4-2-5-9-15)18(19-21-12-13-23(19)20)24(22-14)16-10-6-3-7-11-16/h2-11H,12-13,20H2,1H3. The lowest BCUT2D eigenvalue weighted by molar-refractivity contribution is 0.482. The first-order valence-corrected chi connectivity index (χ1v) is 8.03. The summed E-state index contributed by atoms with van der Waals surface area (Å²) in [6.07, 6.45) is 0. The van der Waals surface area contributed by atoms with E-state index in [0.29, 0.717) is 6.54 Å². The molecule has 0 amide bonds. The Hall–Kier alpha value is -2.92. The second kappa shape index (κ2) is 5.94. The number of aromatic nitrogens is 2. The van der Waals surface area contributed by atoms with Crippen LogP contribution in [0.3, 0.4) is 0 Å². The van der Waals surface area contributed by atoms with Gasteiger partial charge in [0.05, 0.1) is 24.5 Å². The fraction of sp³-hybridized carbons (Fsp3) is 0.158. The summed E-state index contributed by atoms with van der Waals surface area (Å²) in [7, 11) is 0. The minimum Gasteiger partial charge on any atom is -0.291 e. The van der Waals surface area contributed by atoms with Crippen LogP contribution in [-0.2, 0) is 0 Å². The molecule has 5 nitrogen and oxygen atoms in total. The van der Waals surface area contributed by atoms with Crippen LogP contribution in [0, 0.1) is 6.92 Å². The lowest BCUT2D eigenvalue weighted by Crippen LogP contribution is -2.36. The Balaban J connectivity index is 1.99. The normalized spacial score (nSPS) is 14.1. The molecule has 3 aromatic rings. The number of nitrogens with two attached hydrogens (primary N) is 1. The van der Waals surface area contributed by atoms with Gasteiger partial charge in [0, 0.05) is 5.56 Å². The molecule has 2 heterocycles. The zero-order valence-corrected chi connectivity index (χ0v) is 13.6. The highest BCUT2D eigenvalue weighted by molar-refractivity contribution is 6.04. The van der Waals surface area contributed by atoms with Gasteiger partial charge < -0.3 is 0 Å². The average Bonchev–Trinajstić information content (AvgIpc) is 3.19. The van der Waals surface area contributed by atoms with Crippen LogP contribution in [0.1, 0.15) is 11.4 Å². The van der Waals surface area contributed by atoms with Gasteiger partial charge in [-0.25, -0.2) is 10.5 Å². The van der Waals surface area contributed by atoms with Crippen LogP contribution in [0.5, 0.6) is 0 Å². The molecule has 2 N–H and O–H groups in total. The van der Waals surface area contributed by atoms with Crippen molar-refractivity contribution < 1.29 is 0 Å². The lowest BCUT2D eigenvalue weighted by Gasteiger charge is -2.16. The molecule has 0 unspecified atom stereocenters. The number of rotatable bonds is 3. The minimum absolute atomic E-state index is 0.707. The van der Waals surface area contributed by atoms with Crippen molar-refractivity contribution in [3.05, 3.63) is 72.1 Å². The van der Waals surface area contributed by atoms with E-state index in [1.54, 1.807) is 5.01 Å². The molecule has 1 aliphatic rings. The maximum absolute atomic E-state index is 6.18. The first-order chi connectivity index (χ1) is 11.8. The molecule has 0 saturated heterocycles. The molecule has 120 valence electrons. The van der Waals surface area contributed by atoms with Crippen molar-refractivity contribution in [1.29, 1.82) is 0 Å². The summed E-state index contributed by atoms with van der Waals surface area (Å²) < 4.78 is 1.95. The van der Waals surface area contributed by atoms with Crippen molar-refractivity contribution in [3.63, 3.8) is 0 Å². The van der Waals surface area contributed by atoms with Crippen LogP contribution in [0.2, 0.25) is 0 Å². The number of aliphatic imine (C=N–C) groups is 1. The highest BCUT2D eigenvalue weighted by Gasteiger charge is 2.26. The van der Waals surface area contributed by atoms with Crippen molar-refractivity contribution in [1.82, 2.24) is 14.8 Å². The van der Waals surface area contributed by atoms with Crippen LogP contribution in [0.15, 0.2) is 65.7 Å². The number of para-hydroxylation sites is 1. The predicted molar refractivity (Wildman–Crippen MR) is 96.0 cm³/mol. The Kier molecular flexibility index (Phi) is 3.63. The molecule has 0 saturated carbocycles. The van der Waals surface area contributed by atoms with Gasteiger partial charge in [0.15, 0.2) is 5.84 Å². The van der Waals surface area contributed by atoms with E-state index in [1.807, 2.05) is 60.1 Å². The Morgan fingerprint density at radius 2 is 1.62 bits per heavy atom. The second-order valence-corrected chi connectivity index (χ2v) is 5.82. The number of benzene rings is 2. The van der Waals surface area contributed by atoms with Crippen molar-refractivity contribution >= 4 is 5.84 Å². The number of hydrazine groups is 1. The van der Waals surface area contributed by atoms with Gasteiger partial charge in [-0.3, -0.25) is 10.0 Å². The van der Waals surface area contributed by atoms with Gasteiger partial charge in [0.1, 0.15) is 5.69 Å². The van der Waals surface area contributed by atoms with E-state index in [1.165, 1.54) is 0 Å². The average molecular weight is 317 g/mol. The summed E-state index contributed by atoms with van der Waals surface area (Å²) in [5, 5.41) is 6.50. The predicted octanol–water partition coefficient (Wildman–Crippen LogP) is 2.78. The van der Waals surface area contributed by atoms with Gasteiger partial charge in [-0.05, 0) is 24.6 Å². The zero-order chi connectivity index (χ0) is 16.5. The summed E-state index contributed by atoms with van der Waals surface area (Å²) in [5.74, 6) is 6.97. The van der Waals surface area contributed by atoms with E-state index in [2.05, 4.69) is 17.1 Å². The summed E-state index contributed by atoms with van der Waals surface area (Å²) in [5.41, 5.74) is 5.11. The van der Waals surface area contributed by atoms with E-state index < -0.39 is 0 Å². The van der Waals surface area contributed by atoms with Crippen LogP contribution in [0.4, 0.5) is 0 Å². The van der Waals surface area contributed by atoms with E-state index in [4.69, 9.17) is 10.9 Å². The monoisotopic (exact) mass is 317 g/mol. The Labute approximate surface area is 141 Å². The smallest absolute Gasteiger partial charge is 0.165 e. The van der Waals surface area contributed by atoms with E-state index in [9.17, 15) is 0 Å². The topological polar surface area (TPSA) is 59.4 Å². The van der Waals surface area contributed by atoms with Crippen molar-refractivity contribution in [2.24, 2.45) is 10.8 Å². The highest BCUT2D eigenvalue weighted by atomic mass is 15.5. The molecule has 0 spiro atoms. The number of nitrogens with zero attached hydrogens (tertiary/aromatic N) is 4. The first kappa shape index (κ1) is 14.7. The lowest BCUT2D eigenvalue weighted by atomic mass is 10.0. The van der Waals surface area contributed by atoms with E-state index >= 15 is 0 Å². The third-order valence-electron chi connectivity index (χ3n) is 4.21. The van der Waals surface area contributed by atoms with Gasteiger partial charge in [-0.15, -0.1) is 0 Å². The number of hydrogen-bond acceptors (Lipinski definition) is 4. The third kappa shape index (κ3) is 2.39. The maximum atomic E-state index is 6.18. The van der Waals surface area contributed by atoms with Crippen molar-refractivity contribution in [2.75, 3.05) is 13.1 Å². The van der Waals surface area contributed by atoms with Gasteiger partial charge >= 0.3 is 0 Å². The molecule has 0 bridgehead atoms. The SMILES string of the molecule is Cc1nn(-c2ccccc2)c(C2=NCCN2N)c1-c1ccccc1. The Bertz CT molecular complexity index is 881. The van der Waals surface area contributed by atoms with E-state index in [0.717, 1.165) is 40.6 Å². The van der Waals surface area contributed by atoms with Crippen LogP contribution in [-0.4, -0.2) is 33.7 Å². The molecular weight excluding hydrogens is 298 g/mol. The summed E-state index contributed by atoms with van der Waals surface area (Å²) >= 11 is 0. The molecule has 2 aromatic carbocycles. The molecular formula is C19H19N5. The van der Waals surface area contributed by atoms with Gasteiger partial charge in [-0.1, -0.05) is 48.5 Å². The molecule has 1 aliphatic heterocycles. The molecule has 24 heavy (non-hydrogen) atoms. The third-order valence-corrected chi connectivity index (χ3v) is 4.21. The fourth-order valence-electron chi connectivity index (χ4n) is 3.11. The first-order valence-electron chi connectivity index (χ1n) is 8.03. The molecule has 1 aromatic heterocycles. The zero-order valence-electron chi connectivity index (χ0n) is 13.6. The van der Waals surface area contributed by atoms with E-state index in [-0.39, 0.29) is 0 Å². The second-order valence-electron chi connectivity index (χ2n) is 5.82. The summed E-state index contributed by atoms with van der Waals surface area (Å²) in [6, 6.07) is 20.4. The Morgan fingerprint density at radius 1 is 0.958 bits per heavy atom. The van der Waals surface area contributed by atoms with Gasteiger partial charge in [-0.2, -0.15) is 5.10 Å². The number of hydrogen-bond donors (Lipinski definition) is 1. The number of aryl methyl sites for hydroxylation is 1. The van der Waals surface area contributed by atoms with Crippen LogP contribution in [0.25, 0.3) is 16.8 Å². The molecule has 5 heteroatoms. The van der Waals surface area contributed by atoms with Gasteiger partial charge in [0.2, 0.25) is 0 Å². The maximum Gasteiger partial charge on any atom is 0.165 e. The summed E-state index contributed by atoms with van der Waals surface area (Å²) in [6.45, 7) is 3.46. The molecule has 0 fully saturated rings. The quantitative estimate of drug-likeness (QED) is 0.756. The highest BCUT2D eigenvalue weighted by Crippen LogP contribution is 2.30. The van der Waals surface area contributed by atoms with Crippen molar-refractivity contribution in [3.8, 4) is 16.8 Å². The molecule has 0 radical (unpaired) electrons. The van der Waals surface area contributed by atoms with Crippen molar-refractivity contribution in [2.45, 2.75) is 6.92 Å². The molecule has 0 aliphatic carbocycles. The largest absolute Gasteiger partial charge is 0.291 e. The Morgan fingerprint density at radius 3 is 2.25 bits per heavy atom. The van der Waals surface area contributed by atoms with Crippen LogP contribution >= 0.6 is 0 Å². The molecule has 0 atom stereocenters. The van der Waals surface area contributed by atoms with Gasteiger partial charge in [0.25, 0.3) is 0 Å². The van der Waals surface area contributed by atoms with Crippen LogP contribution < -0.4 is 5.84 Å².